The fourth-order valence-corrected chi connectivity index (χ4v) is 10.1. The van der Waals surface area contributed by atoms with E-state index < -0.39 is 0 Å². The molecule has 0 bridgehead atoms. The molecule has 318 valence electrons. The van der Waals surface area contributed by atoms with Crippen LogP contribution in [0.2, 0.25) is 0 Å². The van der Waals surface area contributed by atoms with Gasteiger partial charge in [0.05, 0.1) is 27.8 Å². The second-order valence-electron chi connectivity index (χ2n) is 17.2. The zero-order valence-corrected chi connectivity index (χ0v) is 36.9. The topological polar surface area (TPSA) is 48.5 Å². The Hall–Kier alpha value is -9.19. The highest BCUT2D eigenvalue weighted by Crippen LogP contribution is 2.45. The van der Waals surface area contributed by atoms with E-state index in [1.54, 1.807) is 0 Å². The number of benzene rings is 10. The van der Waals surface area contributed by atoms with Gasteiger partial charge in [-0.2, -0.15) is 9.97 Å². The van der Waals surface area contributed by atoms with Gasteiger partial charge in [0.15, 0.2) is 11.6 Å². The van der Waals surface area contributed by atoms with E-state index in [4.69, 9.17) is 15.0 Å². The average molecular weight is 868 g/mol. The first-order valence-corrected chi connectivity index (χ1v) is 23.0. The summed E-state index contributed by atoms with van der Waals surface area (Å²) in [4.78, 5) is 16.2. The summed E-state index contributed by atoms with van der Waals surface area (Å²) in [5.41, 5.74) is 16.2. The summed E-state index contributed by atoms with van der Waals surface area (Å²) in [7, 11) is 0. The Morgan fingerprint density at radius 1 is 0.265 bits per heavy atom. The van der Waals surface area contributed by atoms with Crippen molar-refractivity contribution < 1.29 is 0 Å². The van der Waals surface area contributed by atoms with Crippen molar-refractivity contribution >= 4 is 43.6 Å². The number of nitrogens with zero attached hydrogens (tertiary/aromatic N) is 5. The van der Waals surface area contributed by atoms with Gasteiger partial charge >= 0.3 is 0 Å². The monoisotopic (exact) mass is 867 g/mol. The van der Waals surface area contributed by atoms with Crippen LogP contribution in [0, 0.1) is 0 Å². The molecule has 68 heavy (non-hydrogen) atoms. The summed E-state index contributed by atoms with van der Waals surface area (Å²) < 4.78 is 4.76. The van der Waals surface area contributed by atoms with Crippen LogP contribution in [0.1, 0.15) is 0 Å². The smallest absolute Gasteiger partial charge is 0.238 e. The van der Waals surface area contributed by atoms with Crippen LogP contribution in [-0.2, 0) is 0 Å². The lowest BCUT2D eigenvalue weighted by atomic mass is 9.93. The molecule has 0 aliphatic rings. The first-order chi connectivity index (χ1) is 33.7. The Morgan fingerprint density at radius 3 is 1.34 bits per heavy atom. The Balaban J connectivity index is 1.13. The van der Waals surface area contributed by atoms with Gasteiger partial charge in [-0.3, -0.25) is 4.57 Å². The number of para-hydroxylation sites is 2. The van der Waals surface area contributed by atoms with Gasteiger partial charge in [0.25, 0.3) is 0 Å². The van der Waals surface area contributed by atoms with Gasteiger partial charge in [-0.1, -0.05) is 224 Å². The van der Waals surface area contributed by atoms with E-state index in [1.807, 2.05) is 12.1 Å². The quantitative estimate of drug-likeness (QED) is 0.153. The van der Waals surface area contributed by atoms with Gasteiger partial charge in [-0.25, -0.2) is 4.98 Å². The highest BCUT2D eigenvalue weighted by atomic mass is 15.2. The van der Waals surface area contributed by atoms with E-state index in [1.165, 1.54) is 5.39 Å². The predicted molar refractivity (Wildman–Crippen MR) is 281 cm³/mol. The molecule has 13 aromatic rings. The number of hydrogen-bond donors (Lipinski definition) is 0. The molecule has 3 aromatic heterocycles. The van der Waals surface area contributed by atoms with Crippen molar-refractivity contribution in [2.24, 2.45) is 0 Å². The minimum Gasteiger partial charge on any atom is -0.307 e. The van der Waals surface area contributed by atoms with Crippen LogP contribution in [0.3, 0.4) is 0 Å². The molecular weight excluding hydrogens is 827 g/mol. The summed E-state index contributed by atoms with van der Waals surface area (Å²) in [6, 6.07) is 88.2. The third kappa shape index (κ3) is 6.59. The summed E-state index contributed by atoms with van der Waals surface area (Å²) in [5, 5.41) is 4.53. The fraction of sp³-hybridized carbons (Fsp3) is 0. The Morgan fingerprint density at radius 2 is 0.706 bits per heavy atom. The maximum atomic E-state index is 5.49. The molecule has 0 amide bonds. The third-order valence-electron chi connectivity index (χ3n) is 13.2. The Labute approximate surface area is 393 Å². The molecule has 5 heteroatoms. The van der Waals surface area contributed by atoms with Crippen LogP contribution in [0.4, 0.5) is 0 Å². The van der Waals surface area contributed by atoms with E-state index in [2.05, 4.69) is 246 Å². The van der Waals surface area contributed by atoms with Gasteiger partial charge in [0.1, 0.15) is 0 Å². The molecule has 3 heterocycles. The molecule has 0 radical (unpaired) electrons. The lowest BCUT2D eigenvalue weighted by Gasteiger charge is -2.19. The maximum Gasteiger partial charge on any atom is 0.238 e. The third-order valence-corrected chi connectivity index (χ3v) is 13.2. The van der Waals surface area contributed by atoms with Crippen LogP contribution in [0.15, 0.2) is 249 Å². The van der Waals surface area contributed by atoms with Crippen molar-refractivity contribution in [1.29, 1.82) is 0 Å². The highest BCUT2D eigenvalue weighted by molar-refractivity contribution is 6.24. The summed E-state index contributed by atoms with van der Waals surface area (Å²) >= 11 is 0. The lowest BCUT2D eigenvalue weighted by Crippen LogP contribution is -2.07. The second-order valence-corrected chi connectivity index (χ2v) is 17.2. The van der Waals surface area contributed by atoms with E-state index in [0.29, 0.717) is 17.6 Å². The minimum absolute atomic E-state index is 0.541. The molecule has 0 fully saturated rings. The normalized spacial score (nSPS) is 11.5. The van der Waals surface area contributed by atoms with Gasteiger partial charge in [0, 0.05) is 38.2 Å². The van der Waals surface area contributed by atoms with Crippen LogP contribution in [-0.4, -0.2) is 24.1 Å². The number of hydrogen-bond acceptors (Lipinski definition) is 3. The van der Waals surface area contributed by atoms with E-state index in [-0.39, 0.29) is 0 Å². The first-order valence-electron chi connectivity index (χ1n) is 23.0. The molecule has 0 N–H and O–H groups in total. The largest absolute Gasteiger partial charge is 0.307 e. The lowest BCUT2D eigenvalue weighted by molar-refractivity contribution is 0.953. The molecule has 5 nitrogen and oxygen atoms in total. The summed E-state index contributed by atoms with van der Waals surface area (Å²) in [6.07, 6.45) is 0. The van der Waals surface area contributed by atoms with Gasteiger partial charge in [-0.05, 0) is 63.2 Å². The summed E-state index contributed by atoms with van der Waals surface area (Å²) in [5.74, 6) is 1.73. The molecule has 0 spiro atoms. The van der Waals surface area contributed by atoms with Crippen molar-refractivity contribution in [2.45, 2.75) is 0 Å². The van der Waals surface area contributed by atoms with Gasteiger partial charge in [0.2, 0.25) is 5.95 Å². The Kier molecular flexibility index (Phi) is 9.43. The zero-order chi connectivity index (χ0) is 45.0. The molecule has 0 atom stereocenters. The minimum atomic E-state index is 0.541. The zero-order valence-electron chi connectivity index (χ0n) is 36.9. The van der Waals surface area contributed by atoms with E-state index >= 15 is 0 Å². The predicted octanol–water partition coefficient (Wildman–Crippen LogP) is 16.1. The molecule has 0 aliphatic carbocycles. The molecular formula is C63H41N5. The molecule has 0 aliphatic heterocycles. The van der Waals surface area contributed by atoms with Crippen molar-refractivity contribution in [2.75, 3.05) is 0 Å². The van der Waals surface area contributed by atoms with Crippen LogP contribution in [0.25, 0.3) is 123 Å². The molecule has 0 saturated heterocycles. The van der Waals surface area contributed by atoms with E-state index in [0.717, 1.165) is 99.5 Å². The maximum absolute atomic E-state index is 5.49. The first kappa shape index (κ1) is 39.2. The number of aromatic nitrogens is 5. The number of rotatable bonds is 8. The van der Waals surface area contributed by atoms with Crippen molar-refractivity contribution in [3.05, 3.63) is 249 Å². The van der Waals surface area contributed by atoms with Gasteiger partial charge < -0.3 is 4.57 Å². The standard InChI is InChI=1S/C63H41N5/c1-5-19-42(20-6-1)44-35-37-47(38-36-44)61-64-62(49-28-17-27-48(41-49)43-21-7-2-8-22-43)66-63(65-61)68-56-33-16-14-30-52(56)54-40-39-53-51-29-13-15-32-55(51)67(59(53)60(54)68)57-34-18-31-50(45-23-9-3-10-24-45)58(57)46-25-11-4-12-26-46/h1-41H. The van der Waals surface area contributed by atoms with Crippen molar-refractivity contribution in [3.63, 3.8) is 0 Å². The molecule has 0 unspecified atom stereocenters. The number of fused-ring (bicyclic) bond motifs is 7. The van der Waals surface area contributed by atoms with Crippen LogP contribution >= 0.6 is 0 Å². The molecule has 13 rings (SSSR count). The summed E-state index contributed by atoms with van der Waals surface area (Å²) in [6.45, 7) is 0. The average Bonchev–Trinajstić information content (AvgIpc) is 3.95. The molecule has 0 saturated carbocycles. The van der Waals surface area contributed by atoms with E-state index in [9.17, 15) is 0 Å². The molecule has 10 aromatic carbocycles. The van der Waals surface area contributed by atoms with Gasteiger partial charge in [-0.15, -0.1) is 0 Å². The second kappa shape index (κ2) is 16.4. The van der Waals surface area contributed by atoms with Crippen molar-refractivity contribution in [3.8, 4) is 78.9 Å². The fourth-order valence-electron chi connectivity index (χ4n) is 10.1. The highest BCUT2D eigenvalue weighted by Gasteiger charge is 2.25. The van der Waals surface area contributed by atoms with Crippen molar-refractivity contribution in [1.82, 2.24) is 24.1 Å². The Bertz CT molecular complexity index is 3990. The SMILES string of the molecule is c1ccc(-c2ccc(-c3nc(-c4cccc(-c5ccccc5)c4)nc(-n4c5ccccc5c5ccc6c7ccccc7n(-c7cccc(-c8ccccc8)c7-c7ccccc7)c6c54)n3)cc2)cc1. The van der Waals surface area contributed by atoms with Crippen LogP contribution < -0.4 is 0 Å². The van der Waals surface area contributed by atoms with Crippen LogP contribution in [0.5, 0.6) is 0 Å².